The molecule has 0 bridgehead atoms. The third kappa shape index (κ3) is 8.45. The predicted molar refractivity (Wildman–Crippen MR) is 64.5 cm³/mol. The number of ether oxygens (including phenoxy) is 1. The molecule has 0 saturated carbocycles. The van der Waals surface area contributed by atoms with Gasteiger partial charge < -0.3 is 14.3 Å². The van der Waals surface area contributed by atoms with Gasteiger partial charge in [-0.25, -0.2) is 4.79 Å². The molecule has 0 aliphatic heterocycles. The number of rotatable bonds is 8. The zero-order valence-corrected chi connectivity index (χ0v) is 10.8. The molecule has 0 aromatic carbocycles. The highest BCUT2D eigenvalue weighted by molar-refractivity contribution is 5.81. The number of likely N-dealkylation sites (N-methyl/N-ethyl adjacent to an activating group) is 1. The number of aliphatic carboxylic acids is 1. The number of carboxylic acid groups (broad SMARTS) is 1. The third-order valence-corrected chi connectivity index (χ3v) is 2.39. The van der Waals surface area contributed by atoms with Crippen LogP contribution in [-0.4, -0.2) is 54.8 Å². The summed E-state index contributed by atoms with van der Waals surface area (Å²) < 4.78 is 5.70. The lowest BCUT2D eigenvalue weighted by atomic mass is 10.2. The van der Waals surface area contributed by atoms with Gasteiger partial charge in [-0.05, 0) is 6.92 Å². The van der Waals surface area contributed by atoms with Crippen molar-refractivity contribution >= 4 is 11.9 Å². The molecule has 0 aliphatic carbocycles. The summed E-state index contributed by atoms with van der Waals surface area (Å²) in [6, 6.07) is 0. The number of quaternary nitrogens is 1. The summed E-state index contributed by atoms with van der Waals surface area (Å²) in [7, 11) is 3.97. The van der Waals surface area contributed by atoms with Gasteiger partial charge in [-0.2, -0.15) is 0 Å². The highest BCUT2D eigenvalue weighted by Crippen LogP contribution is 2.06. The van der Waals surface area contributed by atoms with Gasteiger partial charge in [0.1, 0.15) is 12.6 Å². The largest absolute Gasteiger partial charge is 0.481 e. The third-order valence-electron chi connectivity index (χ3n) is 2.39. The summed E-state index contributed by atoms with van der Waals surface area (Å²) >= 11 is 0. The molecule has 0 heterocycles. The van der Waals surface area contributed by atoms with Crippen LogP contribution >= 0.6 is 0 Å². The van der Waals surface area contributed by atoms with Crippen LogP contribution in [0.1, 0.15) is 19.8 Å². The molecule has 98 valence electrons. The van der Waals surface area contributed by atoms with Crippen LogP contribution in [0, 0.1) is 0 Å². The van der Waals surface area contributed by atoms with Crippen molar-refractivity contribution in [3.05, 3.63) is 12.7 Å². The highest BCUT2D eigenvalue weighted by Gasteiger charge is 2.21. The average Bonchev–Trinajstić information content (AvgIpc) is 2.15. The lowest BCUT2D eigenvalue weighted by molar-refractivity contribution is -0.893. The predicted octanol–water partition coefficient (Wildman–Crippen LogP) is 1.05. The standard InChI is InChI=1S/C12H21NO4/c1-5-12(16)17-10(2)9-13(3,4)8-6-7-11(14)15/h5,10H,1,6-9H2,2-4H3/p+1. The van der Waals surface area contributed by atoms with Crippen molar-refractivity contribution in [3.63, 3.8) is 0 Å². The molecule has 0 spiro atoms. The van der Waals surface area contributed by atoms with Crippen molar-refractivity contribution in [2.45, 2.75) is 25.9 Å². The second-order valence-corrected chi connectivity index (χ2v) is 4.79. The fourth-order valence-electron chi connectivity index (χ4n) is 1.73. The number of esters is 1. The maximum Gasteiger partial charge on any atom is 0.330 e. The average molecular weight is 244 g/mol. The molecule has 0 fully saturated rings. The maximum absolute atomic E-state index is 11.0. The van der Waals surface area contributed by atoms with E-state index in [2.05, 4.69) is 6.58 Å². The molecule has 0 aromatic rings. The Morgan fingerprint density at radius 2 is 2.06 bits per heavy atom. The van der Waals surface area contributed by atoms with Crippen LogP contribution in [0.4, 0.5) is 0 Å². The quantitative estimate of drug-likeness (QED) is 0.394. The van der Waals surface area contributed by atoms with Crippen molar-refractivity contribution in [2.75, 3.05) is 27.2 Å². The van der Waals surface area contributed by atoms with Crippen LogP contribution in [0.15, 0.2) is 12.7 Å². The van der Waals surface area contributed by atoms with E-state index < -0.39 is 11.9 Å². The molecule has 0 radical (unpaired) electrons. The Bertz CT molecular complexity index is 286. The summed E-state index contributed by atoms with van der Waals surface area (Å²) in [5.41, 5.74) is 0. The summed E-state index contributed by atoms with van der Waals surface area (Å²) in [6.45, 7) is 6.54. The minimum absolute atomic E-state index is 0.169. The van der Waals surface area contributed by atoms with E-state index >= 15 is 0 Å². The number of carboxylic acids is 1. The van der Waals surface area contributed by atoms with E-state index in [0.717, 1.165) is 12.6 Å². The minimum Gasteiger partial charge on any atom is -0.481 e. The summed E-state index contributed by atoms with van der Waals surface area (Å²) in [5, 5.41) is 8.56. The molecule has 5 heteroatoms. The molecular formula is C12H22NO4+. The molecule has 0 aromatic heterocycles. The molecule has 1 unspecified atom stereocenters. The maximum atomic E-state index is 11.0. The Labute approximate surface area is 102 Å². The van der Waals surface area contributed by atoms with E-state index in [1.165, 1.54) is 0 Å². The van der Waals surface area contributed by atoms with Gasteiger partial charge in [0.15, 0.2) is 0 Å². The Balaban J connectivity index is 4.01. The molecule has 0 aliphatic rings. The first-order valence-electron chi connectivity index (χ1n) is 5.63. The molecule has 1 N–H and O–H groups in total. The van der Waals surface area contributed by atoms with E-state index in [1.54, 1.807) is 0 Å². The van der Waals surface area contributed by atoms with Gasteiger partial charge in [0.25, 0.3) is 0 Å². The molecule has 17 heavy (non-hydrogen) atoms. The van der Waals surface area contributed by atoms with E-state index in [-0.39, 0.29) is 12.5 Å². The highest BCUT2D eigenvalue weighted by atomic mass is 16.5. The van der Waals surface area contributed by atoms with Gasteiger partial charge in [-0.1, -0.05) is 6.58 Å². The Hall–Kier alpha value is -1.36. The number of carbonyl (C=O) groups is 2. The Morgan fingerprint density at radius 1 is 1.47 bits per heavy atom. The van der Waals surface area contributed by atoms with Crippen LogP contribution < -0.4 is 0 Å². The van der Waals surface area contributed by atoms with Gasteiger partial charge in [-0.3, -0.25) is 4.79 Å². The zero-order valence-electron chi connectivity index (χ0n) is 10.8. The van der Waals surface area contributed by atoms with Crippen molar-refractivity contribution < 1.29 is 23.9 Å². The Morgan fingerprint density at radius 3 is 2.53 bits per heavy atom. The van der Waals surface area contributed by atoms with Crippen LogP contribution in [0.3, 0.4) is 0 Å². The second-order valence-electron chi connectivity index (χ2n) is 4.79. The molecule has 0 saturated heterocycles. The number of carbonyl (C=O) groups excluding carboxylic acids is 1. The first kappa shape index (κ1) is 15.6. The molecule has 1 atom stereocenters. The Kier molecular flexibility index (Phi) is 6.50. The van der Waals surface area contributed by atoms with E-state index in [0.29, 0.717) is 17.4 Å². The fourth-order valence-corrected chi connectivity index (χ4v) is 1.73. The number of nitrogens with zero attached hydrogens (tertiary/aromatic N) is 1. The minimum atomic E-state index is -0.781. The van der Waals surface area contributed by atoms with Crippen molar-refractivity contribution in [1.29, 1.82) is 0 Å². The summed E-state index contributed by atoms with van der Waals surface area (Å²) in [4.78, 5) is 21.4. The van der Waals surface area contributed by atoms with Gasteiger partial charge in [-0.15, -0.1) is 0 Å². The first-order valence-corrected chi connectivity index (χ1v) is 5.63. The van der Waals surface area contributed by atoms with Crippen LogP contribution in [0.5, 0.6) is 0 Å². The monoisotopic (exact) mass is 244 g/mol. The lowest BCUT2D eigenvalue weighted by Gasteiger charge is -2.31. The molecule has 5 nitrogen and oxygen atoms in total. The van der Waals surface area contributed by atoms with Crippen molar-refractivity contribution in [2.24, 2.45) is 0 Å². The van der Waals surface area contributed by atoms with E-state index in [4.69, 9.17) is 9.84 Å². The van der Waals surface area contributed by atoms with Gasteiger partial charge in [0.2, 0.25) is 0 Å². The first-order chi connectivity index (χ1) is 7.76. The molecule has 0 amide bonds. The number of hydrogen-bond donors (Lipinski definition) is 1. The smallest absolute Gasteiger partial charge is 0.330 e. The lowest BCUT2D eigenvalue weighted by Crippen LogP contribution is -2.46. The summed E-state index contributed by atoms with van der Waals surface area (Å²) in [6.07, 6.45) is 1.72. The van der Waals surface area contributed by atoms with E-state index in [9.17, 15) is 9.59 Å². The van der Waals surface area contributed by atoms with Crippen LogP contribution in [0.25, 0.3) is 0 Å². The van der Waals surface area contributed by atoms with Crippen LogP contribution in [-0.2, 0) is 14.3 Å². The SMILES string of the molecule is C=CC(=O)OC(C)C[N+](C)(C)CCCC(=O)O. The molecule has 0 rings (SSSR count). The van der Waals surface area contributed by atoms with Gasteiger partial charge >= 0.3 is 11.9 Å². The van der Waals surface area contributed by atoms with Crippen molar-refractivity contribution in [3.8, 4) is 0 Å². The molecular weight excluding hydrogens is 222 g/mol. The normalized spacial score (nSPS) is 12.9. The summed E-state index contributed by atoms with van der Waals surface area (Å²) in [5.74, 6) is -1.21. The van der Waals surface area contributed by atoms with Gasteiger partial charge in [0.05, 0.1) is 27.1 Å². The zero-order chi connectivity index (χ0) is 13.5. The van der Waals surface area contributed by atoms with E-state index in [1.807, 2.05) is 21.0 Å². The topological polar surface area (TPSA) is 63.6 Å². The van der Waals surface area contributed by atoms with Crippen LogP contribution in [0.2, 0.25) is 0 Å². The van der Waals surface area contributed by atoms with Gasteiger partial charge in [0, 0.05) is 12.5 Å². The second kappa shape index (κ2) is 7.06. The number of hydrogen-bond acceptors (Lipinski definition) is 3. The van der Waals surface area contributed by atoms with Crippen molar-refractivity contribution in [1.82, 2.24) is 0 Å². The fraction of sp³-hybridized carbons (Fsp3) is 0.667.